The van der Waals surface area contributed by atoms with Gasteiger partial charge in [-0.05, 0) is 25.0 Å². The van der Waals surface area contributed by atoms with Gasteiger partial charge in [-0.2, -0.15) is 0 Å². The third kappa shape index (κ3) is 3.53. The first-order chi connectivity index (χ1) is 11.2. The molecule has 1 unspecified atom stereocenters. The molecule has 5 nitrogen and oxygen atoms in total. The van der Waals surface area contributed by atoms with Crippen molar-refractivity contribution < 1.29 is 23.5 Å². The molecule has 124 valence electrons. The fourth-order valence-corrected chi connectivity index (χ4v) is 3.71. The summed E-state index contributed by atoms with van der Waals surface area (Å²) >= 11 is 1.22. The van der Waals surface area contributed by atoms with Crippen LogP contribution in [0.3, 0.4) is 0 Å². The number of rotatable bonds is 5. The lowest BCUT2D eigenvalue weighted by Gasteiger charge is -2.22. The highest BCUT2D eigenvalue weighted by Gasteiger charge is 2.22. The number of carbonyl (C=O) groups excluding carboxylic acids is 1. The van der Waals surface area contributed by atoms with E-state index in [0.717, 1.165) is 19.3 Å². The van der Waals surface area contributed by atoms with Gasteiger partial charge in [-0.3, -0.25) is 4.79 Å². The molecule has 3 rings (SSSR count). The number of halogens is 1. The molecule has 1 aromatic heterocycles. The van der Waals surface area contributed by atoms with Crippen LogP contribution in [0.4, 0.5) is 4.39 Å². The van der Waals surface area contributed by atoms with Crippen molar-refractivity contribution in [1.82, 2.24) is 5.48 Å². The fourth-order valence-electron chi connectivity index (χ4n) is 2.60. The zero-order valence-corrected chi connectivity index (χ0v) is 13.6. The first kappa shape index (κ1) is 16.3. The van der Waals surface area contributed by atoms with E-state index in [4.69, 9.17) is 14.3 Å². The van der Waals surface area contributed by atoms with E-state index in [1.807, 2.05) is 0 Å². The first-order valence-electron chi connectivity index (χ1n) is 7.47. The number of ether oxygens (including phenoxy) is 2. The molecule has 0 spiro atoms. The molecule has 0 bridgehead atoms. The highest BCUT2D eigenvalue weighted by molar-refractivity contribution is 7.21. The number of hydrogen-bond acceptors (Lipinski definition) is 5. The van der Waals surface area contributed by atoms with Crippen LogP contribution < -0.4 is 5.48 Å². The van der Waals surface area contributed by atoms with Crippen molar-refractivity contribution >= 4 is 27.3 Å². The summed E-state index contributed by atoms with van der Waals surface area (Å²) in [5, 5.41) is 0.429. The Hall–Kier alpha value is -1.54. The predicted molar refractivity (Wildman–Crippen MR) is 84.6 cm³/mol. The van der Waals surface area contributed by atoms with Gasteiger partial charge in [0.2, 0.25) is 0 Å². The monoisotopic (exact) mass is 339 g/mol. The van der Waals surface area contributed by atoms with E-state index in [2.05, 4.69) is 5.48 Å². The Bertz CT molecular complexity index is 697. The van der Waals surface area contributed by atoms with Gasteiger partial charge in [0.15, 0.2) is 6.29 Å². The molecule has 7 heteroatoms. The van der Waals surface area contributed by atoms with Crippen LogP contribution in [0, 0.1) is 5.82 Å². The predicted octanol–water partition coefficient (Wildman–Crippen LogP) is 3.37. The molecule has 1 aromatic carbocycles. The van der Waals surface area contributed by atoms with Crippen molar-refractivity contribution in [3.05, 3.63) is 34.5 Å². The standard InChI is InChI=1S/C16H18FNO4S/c1-20-9-10-14-11(17)5-4-6-12(14)23-15(10)16(19)18-22-13-7-2-3-8-21-13/h4-6,13H,2-3,7-9H2,1H3,(H,18,19). The van der Waals surface area contributed by atoms with Crippen molar-refractivity contribution in [2.45, 2.75) is 32.2 Å². The number of thiophene rings is 1. The number of hydroxylamine groups is 1. The largest absolute Gasteiger partial charge is 0.380 e. The summed E-state index contributed by atoms with van der Waals surface area (Å²) in [5.41, 5.74) is 2.95. The number of amides is 1. The second kappa shape index (κ2) is 7.35. The highest BCUT2D eigenvalue weighted by Crippen LogP contribution is 2.33. The Balaban J connectivity index is 1.81. The van der Waals surface area contributed by atoms with E-state index in [-0.39, 0.29) is 12.4 Å². The average Bonchev–Trinajstić information content (AvgIpc) is 2.94. The van der Waals surface area contributed by atoms with E-state index in [1.165, 1.54) is 24.5 Å². The molecule has 1 saturated heterocycles. The summed E-state index contributed by atoms with van der Waals surface area (Å²) in [5.74, 6) is -0.770. The van der Waals surface area contributed by atoms with Crippen LogP contribution in [0.5, 0.6) is 0 Å². The Labute approximate surface area is 137 Å². The van der Waals surface area contributed by atoms with Gasteiger partial charge in [-0.15, -0.1) is 11.3 Å². The molecule has 1 amide bonds. The molecule has 1 aliphatic rings. The Morgan fingerprint density at radius 2 is 2.35 bits per heavy atom. The SMILES string of the molecule is COCc1c(C(=O)NOC2CCCCO2)sc2cccc(F)c12. The summed E-state index contributed by atoms with van der Waals surface area (Å²) in [7, 11) is 1.51. The second-order valence-corrected chi connectivity index (χ2v) is 6.35. The van der Waals surface area contributed by atoms with E-state index >= 15 is 0 Å². The summed E-state index contributed by atoms with van der Waals surface area (Å²) in [6.07, 6.45) is 2.32. The summed E-state index contributed by atoms with van der Waals surface area (Å²) in [6.45, 7) is 0.785. The lowest BCUT2D eigenvalue weighted by molar-refractivity contribution is -0.186. The van der Waals surface area contributed by atoms with Gasteiger partial charge in [-0.25, -0.2) is 14.7 Å². The number of nitrogens with one attached hydrogen (secondary N) is 1. The van der Waals surface area contributed by atoms with E-state index < -0.39 is 12.2 Å². The van der Waals surface area contributed by atoms with Gasteiger partial charge in [0, 0.05) is 35.8 Å². The number of carbonyl (C=O) groups is 1. The Morgan fingerprint density at radius 1 is 1.48 bits per heavy atom. The maximum atomic E-state index is 14.1. The van der Waals surface area contributed by atoms with Crippen molar-refractivity contribution in [3.63, 3.8) is 0 Å². The molecule has 0 radical (unpaired) electrons. The molecule has 1 aliphatic heterocycles. The van der Waals surface area contributed by atoms with Gasteiger partial charge in [-0.1, -0.05) is 6.07 Å². The van der Waals surface area contributed by atoms with Crippen molar-refractivity contribution in [3.8, 4) is 0 Å². The van der Waals surface area contributed by atoms with Gasteiger partial charge in [0.25, 0.3) is 5.91 Å². The zero-order valence-electron chi connectivity index (χ0n) is 12.8. The van der Waals surface area contributed by atoms with Crippen LogP contribution in [-0.4, -0.2) is 25.9 Å². The number of benzene rings is 1. The zero-order chi connectivity index (χ0) is 16.2. The summed E-state index contributed by atoms with van der Waals surface area (Å²) in [4.78, 5) is 18.1. The smallest absolute Gasteiger partial charge is 0.285 e. The first-order valence-corrected chi connectivity index (χ1v) is 8.28. The molecule has 0 aliphatic carbocycles. The Morgan fingerprint density at radius 3 is 3.09 bits per heavy atom. The third-order valence-corrected chi connectivity index (χ3v) is 4.88. The van der Waals surface area contributed by atoms with E-state index in [0.29, 0.717) is 27.1 Å². The lowest BCUT2D eigenvalue weighted by Crippen LogP contribution is -2.33. The fraction of sp³-hybridized carbons (Fsp3) is 0.438. The normalized spacial score (nSPS) is 18.3. The van der Waals surface area contributed by atoms with Crippen LogP contribution in [0.1, 0.15) is 34.5 Å². The van der Waals surface area contributed by atoms with Crippen LogP contribution >= 0.6 is 11.3 Å². The molecule has 1 fully saturated rings. The lowest BCUT2D eigenvalue weighted by atomic mass is 10.1. The van der Waals surface area contributed by atoms with E-state index in [1.54, 1.807) is 12.1 Å². The highest BCUT2D eigenvalue weighted by atomic mass is 32.1. The third-order valence-electron chi connectivity index (χ3n) is 3.68. The molecule has 2 heterocycles. The average molecular weight is 339 g/mol. The van der Waals surface area contributed by atoms with Gasteiger partial charge < -0.3 is 9.47 Å². The van der Waals surface area contributed by atoms with Crippen LogP contribution in [-0.2, 0) is 20.9 Å². The number of hydrogen-bond donors (Lipinski definition) is 1. The molecular formula is C16H18FNO4S. The molecule has 23 heavy (non-hydrogen) atoms. The van der Waals surface area contributed by atoms with Crippen molar-refractivity contribution in [2.24, 2.45) is 0 Å². The second-order valence-electron chi connectivity index (χ2n) is 5.30. The molecule has 2 aromatic rings. The van der Waals surface area contributed by atoms with Crippen LogP contribution in [0.25, 0.3) is 10.1 Å². The quantitative estimate of drug-likeness (QED) is 0.849. The van der Waals surface area contributed by atoms with Gasteiger partial charge >= 0.3 is 0 Å². The van der Waals surface area contributed by atoms with Crippen molar-refractivity contribution in [1.29, 1.82) is 0 Å². The Kier molecular flexibility index (Phi) is 5.22. The minimum absolute atomic E-state index is 0.156. The maximum Gasteiger partial charge on any atom is 0.285 e. The molecule has 0 saturated carbocycles. The van der Waals surface area contributed by atoms with Gasteiger partial charge in [0.05, 0.1) is 6.61 Å². The van der Waals surface area contributed by atoms with Crippen LogP contribution in [0.15, 0.2) is 18.2 Å². The molecule has 1 N–H and O–H groups in total. The van der Waals surface area contributed by atoms with Crippen LogP contribution in [0.2, 0.25) is 0 Å². The molecular weight excluding hydrogens is 321 g/mol. The minimum atomic E-state index is -0.426. The maximum absolute atomic E-state index is 14.1. The van der Waals surface area contributed by atoms with Crippen molar-refractivity contribution in [2.75, 3.05) is 13.7 Å². The summed E-state index contributed by atoms with van der Waals surface area (Å²) in [6, 6.07) is 4.78. The minimum Gasteiger partial charge on any atom is -0.380 e. The molecule has 1 atom stereocenters. The van der Waals surface area contributed by atoms with E-state index in [9.17, 15) is 9.18 Å². The topological polar surface area (TPSA) is 56.8 Å². The summed E-state index contributed by atoms with van der Waals surface area (Å²) < 4.78 is 25.3. The number of methoxy groups -OCH3 is 1. The van der Waals surface area contributed by atoms with Gasteiger partial charge in [0.1, 0.15) is 10.7 Å². The number of fused-ring (bicyclic) bond motifs is 1.